The van der Waals surface area contributed by atoms with Crippen molar-refractivity contribution in [2.75, 3.05) is 0 Å². The van der Waals surface area contributed by atoms with Crippen molar-refractivity contribution in [3.63, 3.8) is 0 Å². The monoisotopic (exact) mass is 406 g/mol. The zero-order valence-electron chi connectivity index (χ0n) is 17.8. The van der Waals surface area contributed by atoms with E-state index in [0.717, 1.165) is 36.8 Å². The molecule has 6 heteroatoms. The second-order valence-corrected chi connectivity index (χ2v) is 9.45. The van der Waals surface area contributed by atoms with Crippen LogP contribution in [0.1, 0.15) is 90.2 Å². The second kappa shape index (κ2) is 13.2. The van der Waals surface area contributed by atoms with Crippen molar-refractivity contribution in [1.29, 1.82) is 0 Å². The predicted molar refractivity (Wildman–Crippen MR) is 107 cm³/mol. The average Bonchev–Trinajstić information content (AvgIpc) is 2.54. The molecule has 0 unspecified atom stereocenters. The maximum atomic E-state index is 11.4. The number of rotatable bonds is 13. The molecule has 27 heavy (non-hydrogen) atoms. The molecule has 0 aliphatic heterocycles. The summed E-state index contributed by atoms with van der Waals surface area (Å²) >= 11 is 0. The number of benzene rings is 1. The molecule has 0 heterocycles. The molecule has 0 fully saturated rings. The van der Waals surface area contributed by atoms with Crippen LogP contribution in [0, 0.1) is 0 Å². The van der Waals surface area contributed by atoms with Crippen LogP contribution in [0.4, 0.5) is 0 Å². The van der Waals surface area contributed by atoms with E-state index < -0.39 is 15.1 Å². The van der Waals surface area contributed by atoms with E-state index in [9.17, 15) is 13.0 Å². The van der Waals surface area contributed by atoms with Crippen molar-refractivity contribution < 1.29 is 47.3 Å². The van der Waals surface area contributed by atoms with Crippen LogP contribution in [-0.2, 0) is 23.0 Å². The van der Waals surface area contributed by atoms with Gasteiger partial charge in [-0.1, -0.05) is 58.4 Å². The van der Waals surface area contributed by atoms with E-state index >= 15 is 0 Å². The van der Waals surface area contributed by atoms with E-state index in [1.807, 2.05) is 12.1 Å². The van der Waals surface area contributed by atoms with Crippen molar-refractivity contribution in [3.8, 4) is 5.75 Å². The van der Waals surface area contributed by atoms with Gasteiger partial charge in [-0.3, -0.25) is 0 Å². The Labute approximate surface area is 188 Å². The molecular weight excluding hydrogens is 371 g/mol. The summed E-state index contributed by atoms with van der Waals surface area (Å²) in [5, 5.41) is 0. The quantitative estimate of drug-likeness (QED) is 0.287. The van der Waals surface area contributed by atoms with Crippen molar-refractivity contribution in [3.05, 3.63) is 29.3 Å². The van der Waals surface area contributed by atoms with Gasteiger partial charge in [-0.05, 0) is 62.8 Å². The fourth-order valence-electron chi connectivity index (χ4n) is 2.92. The standard InChI is InChI=1S/C21H36O4S.Na/c1-5-7-9-11-13-18-15-19(14-12-10-8-6-2)17-20(16-18)25-21(3,4)26(22,23)24;/h15-17H,5-14H2,1-4H3,(H,22,23,24);/q;+1/p-1. The maximum absolute atomic E-state index is 11.4. The van der Waals surface area contributed by atoms with Gasteiger partial charge in [0.05, 0.1) is 0 Å². The fraction of sp³-hybridized carbons (Fsp3) is 0.714. The zero-order valence-corrected chi connectivity index (χ0v) is 20.7. The normalized spacial score (nSPS) is 11.9. The van der Waals surface area contributed by atoms with Crippen LogP contribution in [0.2, 0.25) is 0 Å². The summed E-state index contributed by atoms with van der Waals surface area (Å²) < 4.78 is 39.9. The number of ether oxygens (including phenoxy) is 1. The van der Waals surface area contributed by atoms with Gasteiger partial charge in [0.1, 0.15) is 15.9 Å². The van der Waals surface area contributed by atoms with Crippen molar-refractivity contribution in [2.24, 2.45) is 0 Å². The number of aryl methyl sites for hydroxylation is 2. The summed E-state index contributed by atoms with van der Waals surface area (Å²) in [5.41, 5.74) is 2.31. The summed E-state index contributed by atoms with van der Waals surface area (Å²) in [6.07, 6.45) is 11.3. The van der Waals surface area contributed by atoms with Crippen LogP contribution < -0.4 is 34.3 Å². The third kappa shape index (κ3) is 10.3. The molecule has 0 radical (unpaired) electrons. The van der Waals surface area contributed by atoms with Crippen LogP contribution >= 0.6 is 0 Å². The average molecular weight is 407 g/mol. The van der Waals surface area contributed by atoms with Crippen molar-refractivity contribution >= 4 is 10.1 Å². The Morgan fingerprint density at radius 2 is 1.30 bits per heavy atom. The first kappa shape index (κ1) is 26.9. The first-order chi connectivity index (χ1) is 12.2. The van der Waals surface area contributed by atoms with Crippen LogP contribution in [0.25, 0.3) is 0 Å². The molecule has 4 nitrogen and oxygen atoms in total. The molecule has 0 aliphatic rings. The molecule has 1 aromatic carbocycles. The molecular formula is C21H35NaO4S. The van der Waals surface area contributed by atoms with Crippen molar-refractivity contribution in [1.82, 2.24) is 0 Å². The van der Waals surface area contributed by atoms with Gasteiger partial charge in [0.15, 0.2) is 4.93 Å². The van der Waals surface area contributed by atoms with Crippen LogP contribution in [0.3, 0.4) is 0 Å². The van der Waals surface area contributed by atoms with E-state index in [4.69, 9.17) is 4.74 Å². The molecule has 0 saturated carbocycles. The summed E-state index contributed by atoms with van der Waals surface area (Å²) in [4.78, 5) is -1.77. The minimum atomic E-state index is -4.55. The third-order valence-corrected chi connectivity index (χ3v) is 5.92. The number of hydrogen-bond acceptors (Lipinski definition) is 4. The first-order valence-corrected chi connectivity index (χ1v) is 11.4. The molecule has 0 aromatic heterocycles. The van der Waals surface area contributed by atoms with Gasteiger partial charge < -0.3 is 9.29 Å². The smallest absolute Gasteiger partial charge is 0.745 e. The van der Waals surface area contributed by atoms with Gasteiger partial charge >= 0.3 is 29.6 Å². The summed E-state index contributed by atoms with van der Waals surface area (Å²) in [7, 11) is -4.55. The largest absolute Gasteiger partial charge is 1.00 e. The van der Waals surface area contributed by atoms with Gasteiger partial charge in [-0.15, -0.1) is 0 Å². The SMILES string of the molecule is CCCCCCc1cc(CCCCCC)cc(OC(C)(C)S(=O)(=O)[O-])c1.[Na+]. The Morgan fingerprint density at radius 3 is 1.67 bits per heavy atom. The molecule has 0 spiro atoms. The zero-order chi connectivity index (χ0) is 19.6. The predicted octanol–water partition coefficient (Wildman–Crippen LogP) is 2.60. The molecule has 0 atom stereocenters. The third-order valence-electron chi connectivity index (χ3n) is 4.63. The van der Waals surface area contributed by atoms with Crippen LogP contribution in [0.15, 0.2) is 18.2 Å². The minimum Gasteiger partial charge on any atom is -0.745 e. The molecule has 1 aromatic rings. The summed E-state index contributed by atoms with van der Waals surface area (Å²) in [5.74, 6) is 0.480. The van der Waals surface area contributed by atoms with Crippen LogP contribution in [0.5, 0.6) is 5.75 Å². The van der Waals surface area contributed by atoms with Gasteiger partial charge in [-0.25, -0.2) is 8.42 Å². The molecule has 0 aliphatic carbocycles. The summed E-state index contributed by atoms with van der Waals surface area (Å²) in [6, 6.07) is 5.96. The van der Waals surface area contributed by atoms with E-state index in [0.29, 0.717) is 5.75 Å². The van der Waals surface area contributed by atoms with Gasteiger partial charge in [-0.2, -0.15) is 0 Å². The van der Waals surface area contributed by atoms with Gasteiger partial charge in [0.25, 0.3) is 0 Å². The summed E-state index contributed by atoms with van der Waals surface area (Å²) in [6.45, 7) is 7.00. The molecule has 0 saturated heterocycles. The van der Waals surface area contributed by atoms with Gasteiger partial charge in [0, 0.05) is 0 Å². The Morgan fingerprint density at radius 1 is 0.852 bits per heavy atom. The topological polar surface area (TPSA) is 66.4 Å². The second-order valence-electron chi connectivity index (χ2n) is 7.56. The van der Waals surface area contributed by atoms with Gasteiger partial charge in [0.2, 0.25) is 0 Å². The molecule has 150 valence electrons. The molecule has 0 bridgehead atoms. The molecule has 0 amide bonds. The van der Waals surface area contributed by atoms with Crippen LogP contribution in [-0.4, -0.2) is 17.9 Å². The molecule has 1 rings (SSSR count). The Bertz CT molecular complexity index is 611. The first-order valence-electron chi connectivity index (χ1n) is 9.97. The van der Waals surface area contributed by atoms with E-state index in [-0.39, 0.29) is 29.6 Å². The number of unbranched alkanes of at least 4 members (excludes halogenated alkanes) is 6. The number of hydrogen-bond donors (Lipinski definition) is 0. The Hall–Kier alpha value is -0.0700. The fourth-order valence-corrected chi connectivity index (χ4v) is 3.12. The van der Waals surface area contributed by atoms with Crippen molar-refractivity contribution in [2.45, 2.75) is 96.8 Å². The maximum Gasteiger partial charge on any atom is 1.00 e. The molecule has 0 N–H and O–H groups in total. The van der Waals surface area contributed by atoms with E-state index in [1.54, 1.807) is 0 Å². The van der Waals surface area contributed by atoms with E-state index in [1.165, 1.54) is 52.4 Å². The van der Waals surface area contributed by atoms with E-state index in [2.05, 4.69) is 19.9 Å². The Balaban J connectivity index is 0.00000676. The Kier molecular flexibility index (Phi) is 13.2. The minimum absolute atomic E-state index is 0.